The zero-order chi connectivity index (χ0) is 13.1. The Morgan fingerprint density at radius 2 is 1.83 bits per heavy atom. The summed E-state index contributed by atoms with van der Waals surface area (Å²) < 4.78 is 0. The van der Waals surface area contributed by atoms with E-state index in [1.807, 2.05) is 11.8 Å². The van der Waals surface area contributed by atoms with Crippen molar-refractivity contribution in [2.24, 2.45) is 11.8 Å². The molecular formula is C13H23N3O2. The first-order valence-corrected chi connectivity index (χ1v) is 6.89. The van der Waals surface area contributed by atoms with Crippen LogP contribution in [0.1, 0.15) is 26.7 Å². The summed E-state index contributed by atoms with van der Waals surface area (Å²) in [6.07, 6.45) is 2.16. The van der Waals surface area contributed by atoms with E-state index in [1.54, 1.807) is 6.92 Å². The lowest BCUT2D eigenvalue weighted by Crippen LogP contribution is -2.53. The van der Waals surface area contributed by atoms with E-state index in [-0.39, 0.29) is 17.7 Å². The van der Waals surface area contributed by atoms with Gasteiger partial charge in [0.1, 0.15) is 6.04 Å². The molecule has 0 aromatic carbocycles. The largest absolute Gasteiger partial charge is 0.344 e. The summed E-state index contributed by atoms with van der Waals surface area (Å²) in [5.41, 5.74) is 0. The molecule has 2 amide bonds. The molecular weight excluding hydrogens is 230 g/mol. The first-order chi connectivity index (χ1) is 8.59. The Morgan fingerprint density at radius 3 is 2.33 bits per heavy atom. The van der Waals surface area contributed by atoms with E-state index in [1.165, 1.54) is 0 Å². The summed E-state index contributed by atoms with van der Waals surface area (Å²) in [6, 6.07) is -0.397. The monoisotopic (exact) mass is 253 g/mol. The molecule has 2 atom stereocenters. The Kier molecular flexibility index (Phi) is 4.22. The second-order valence-corrected chi connectivity index (χ2v) is 5.47. The second-order valence-electron chi connectivity index (χ2n) is 5.47. The summed E-state index contributed by atoms with van der Waals surface area (Å²) in [4.78, 5) is 25.9. The molecule has 2 saturated heterocycles. The van der Waals surface area contributed by atoms with Crippen LogP contribution in [-0.4, -0.2) is 48.9 Å². The van der Waals surface area contributed by atoms with Crippen molar-refractivity contribution in [1.29, 1.82) is 0 Å². The summed E-state index contributed by atoms with van der Waals surface area (Å²) >= 11 is 0. The molecule has 0 aliphatic carbocycles. The number of rotatable bonds is 4. The molecule has 0 aromatic heterocycles. The van der Waals surface area contributed by atoms with Crippen molar-refractivity contribution in [3.8, 4) is 0 Å². The van der Waals surface area contributed by atoms with E-state index in [0.717, 1.165) is 39.0 Å². The number of likely N-dealkylation sites (tertiary alicyclic amines) is 1. The quantitative estimate of drug-likeness (QED) is 0.739. The lowest BCUT2D eigenvalue weighted by Gasteiger charge is -2.32. The van der Waals surface area contributed by atoms with Crippen molar-refractivity contribution in [2.75, 3.05) is 26.2 Å². The SMILES string of the molecule is CC(NC(=O)C(C)C1CNC1)C(=O)N1CCCC1. The van der Waals surface area contributed by atoms with Gasteiger partial charge in [0.15, 0.2) is 0 Å². The Balaban J connectivity index is 1.80. The minimum Gasteiger partial charge on any atom is -0.344 e. The number of hydrogen-bond donors (Lipinski definition) is 2. The minimum atomic E-state index is -0.397. The summed E-state index contributed by atoms with van der Waals surface area (Å²) in [7, 11) is 0. The minimum absolute atomic E-state index is 0.00143. The lowest BCUT2D eigenvalue weighted by molar-refractivity contribution is -0.136. The van der Waals surface area contributed by atoms with Gasteiger partial charge in [0.25, 0.3) is 0 Å². The van der Waals surface area contributed by atoms with Crippen molar-refractivity contribution in [3.63, 3.8) is 0 Å². The van der Waals surface area contributed by atoms with Crippen LogP contribution in [0.15, 0.2) is 0 Å². The third-order valence-corrected chi connectivity index (χ3v) is 4.08. The highest BCUT2D eigenvalue weighted by atomic mass is 16.2. The van der Waals surface area contributed by atoms with Crippen LogP contribution in [0.3, 0.4) is 0 Å². The fourth-order valence-corrected chi connectivity index (χ4v) is 2.50. The van der Waals surface area contributed by atoms with Gasteiger partial charge in [0, 0.05) is 19.0 Å². The Morgan fingerprint density at radius 1 is 1.22 bits per heavy atom. The molecule has 102 valence electrons. The predicted molar refractivity (Wildman–Crippen MR) is 68.9 cm³/mol. The van der Waals surface area contributed by atoms with Crippen LogP contribution in [0.25, 0.3) is 0 Å². The highest BCUT2D eigenvalue weighted by molar-refractivity contribution is 5.88. The van der Waals surface area contributed by atoms with Crippen molar-refractivity contribution >= 4 is 11.8 Å². The van der Waals surface area contributed by atoms with Crippen molar-refractivity contribution in [3.05, 3.63) is 0 Å². The summed E-state index contributed by atoms with van der Waals surface area (Å²) in [6.45, 7) is 7.20. The topological polar surface area (TPSA) is 61.4 Å². The van der Waals surface area contributed by atoms with Crippen LogP contribution in [0.5, 0.6) is 0 Å². The fourth-order valence-electron chi connectivity index (χ4n) is 2.50. The van der Waals surface area contributed by atoms with E-state index >= 15 is 0 Å². The number of amides is 2. The molecule has 2 aliphatic heterocycles. The van der Waals surface area contributed by atoms with Gasteiger partial charge in [-0.25, -0.2) is 0 Å². The van der Waals surface area contributed by atoms with Crippen molar-refractivity contribution in [1.82, 2.24) is 15.5 Å². The van der Waals surface area contributed by atoms with E-state index in [4.69, 9.17) is 0 Å². The van der Waals surface area contributed by atoms with Crippen LogP contribution in [0, 0.1) is 11.8 Å². The molecule has 0 aromatic rings. The highest BCUT2D eigenvalue weighted by Crippen LogP contribution is 2.16. The van der Waals surface area contributed by atoms with Gasteiger partial charge < -0.3 is 15.5 Å². The third kappa shape index (κ3) is 2.83. The second kappa shape index (κ2) is 5.69. The molecule has 2 rings (SSSR count). The molecule has 18 heavy (non-hydrogen) atoms. The number of hydrogen-bond acceptors (Lipinski definition) is 3. The Labute approximate surface area is 108 Å². The first-order valence-electron chi connectivity index (χ1n) is 6.89. The smallest absolute Gasteiger partial charge is 0.244 e. The molecule has 5 nitrogen and oxygen atoms in total. The third-order valence-electron chi connectivity index (χ3n) is 4.08. The maximum Gasteiger partial charge on any atom is 0.244 e. The maximum absolute atomic E-state index is 12.1. The number of carbonyl (C=O) groups is 2. The van der Waals surface area contributed by atoms with Crippen molar-refractivity contribution in [2.45, 2.75) is 32.7 Å². The van der Waals surface area contributed by atoms with Crippen LogP contribution in [-0.2, 0) is 9.59 Å². The zero-order valence-corrected chi connectivity index (χ0v) is 11.2. The Bertz CT molecular complexity index is 322. The number of nitrogens with zero attached hydrogens (tertiary/aromatic N) is 1. The van der Waals surface area contributed by atoms with Gasteiger partial charge in [-0.05, 0) is 38.8 Å². The van der Waals surface area contributed by atoms with E-state index in [2.05, 4.69) is 10.6 Å². The van der Waals surface area contributed by atoms with Gasteiger partial charge >= 0.3 is 0 Å². The summed E-state index contributed by atoms with van der Waals surface area (Å²) in [5, 5.41) is 6.01. The molecule has 0 spiro atoms. The first kappa shape index (κ1) is 13.3. The van der Waals surface area contributed by atoms with Crippen LogP contribution in [0.4, 0.5) is 0 Å². The van der Waals surface area contributed by atoms with Crippen LogP contribution >= 0.6 is 0 Å². The predicted octanol–water partition coefficient (Wildman–Crippen LogP) is -0.0310. The zero-order valence-electron chi connectivity index (χ0n) is 11.2. The van der Waals surface area contributed by atoms with E-state index in [0.29, 0.717) is 5.92 Å². The maximum atomic E-state index is 12.1. The average Bonchev–Trinajstić information content (AvgIpc) is 2.78. The van der Waals surface area contributed by atoms with E-state index < -0.39 is 6.04 Å². The molecule has 0 bridgehead atoms. The van der Waals surface area contributed by atoms with Gasteiger partial charge in [-0.15, -0.1) is 0 Å². The van der Waals surface area contributed by atoms with Gasteiger partial charge in [-0.3, -0.25) is 9.59 Å². The van der Waals surface area contributed by atoms with Crippen molar-refractivity contribution < 1.29 is 9.59 Å². The average molecular weight is 253 g/mol. The van der Waals surface area contributed by atoms with Gasteiger partial charge in [-0.2, -0.15) is 0 Å². The van der Waals surface area contributed by atoms with Crippen LogP contribution in [0.2, 0.25) is 0 Å². The molecule has 2 N–H and O–H groups in total. The molecule has 2 unspecified atom stereocenters. The van der Waals surface area contributed by atoms with E-state index in [9.17, 15) is 9.59 Å². The van der Waals surface area contributed by atoms with Gasteiger partial charge in [-0.1, -0.05) is 6.92 Å². The van der Waals surface area contributed by atoms with Gasteiger partial charge in [0.05, 0.1) is 0 Å². The molecule has 0 radical (unpaired) electrons. The highest BCUT2D eigenvalue weighted by Gasteiger charge is 2.31. The standard InChI is InChI=1S/C13H23N3O2/c1-9(11-7-14-8-11)12(17)15-10(2)13(18)16-5-3-4-6-16/h9-11,14H,3-8H2,1-2H3,(H,15,17). The molecule has 5 heteroatoms. The molecule has 2 fully saturated rings. The number of nitrogens with one attached hydrogen (secondary N) is 2. The normalized spacial score (nSPS) is 23.3. The summed E-state index contributed by atoms with van der Waals surface area (Å²) in [5.74, 6) is 0.459. The number of carbonyl (C=O) groups excluding carboxylic acids is 2. The molecule has 0 saturated carbocycles. The Hall–Kier alpha value is -1.10. The van der Waals surface area contributed by atoms with Crippen LogP contribution < -0.4 is 10.6 Å². The van der Waals surface area contributed by atoms with Gasteiger partial charge in [0.2, 0.25) is 11.8 Å². The molecule has 2 aliphatic rings. The lowest BCUT2D eigenvalue weighted by atomic mass is 9.88. The fraction of sp³-hybridized carbons (Fsp3) is 0.846. The molecule has 2 heterocycles.